The van der Waals surface area contributed by atoms with Gasteiger partial charge in [-0.15, -0.1) is 0 Å². The number of rotatable bonds is 4. The highest BCUT2D eigenvalue weighted by atomic mass is 15.5. The second-order valence-corrected chi connectivity index (χ2v) is 4.68. The first-order valence-electron chi connectivity index (χ1n) is 6.50. The molecule has 0 atom stereocenters. The Hall–Kier alpha value is -1.81. The third-order valence-corrected chi connectivity index (χ3v) is 3.37. The molecule has 94 valence electrons. The molecule has 3 rings (SSSR count). The van der Waals surface area contributed by atoms with Gasteiger partial charge in [0.05, 0.1) is 11.4 Å². The van der Waals surface area contributed by atoms with Crippen molar-refractivity contribution in [1.82, 2.24) is 15.2 Å². The van der Waals surface area contributed by atoms with Crippen LogP contribution in [0.15, 0.2) is 36.5 Å². The van der Waals surface area contributed by atoms with Crippen LogP contribution in [0.1, 0.15) is 17.7 Å². The third-order valence-electron chi connectivity index (χ3n) is 3.37. The summed E-state index contributed by atoms with van der Waals surface area (Å²) in [5, 5.41) is 9.32. The Morgan fingerprint density at radius 3 is 3.06 bits per heavy atom. The van der Waals surface area contributed by atoms with Crippen molar-refractivity contribution in [3.05, 3.63) is 47.8 Å². The van der Waals surface area contributed by atoms with Crippen LogP contribution in [0.3, 0.4) is 0 Å². The monoisotopic (exact) mass is 242 g/mol. The van der Waals surface area contributed by atoms with E-state index >= 15 is 0 Å². The Morgan fingerprint density at radius 1 is 1.22 bits per heavy atom. The van der Waals surface area contributed by atoms with E-state index in [4.69, 9.17) is 0 Å². The minimum absolute atomic E-state index is 1.03. The molecule has 0 spiro atoms. The molecule has 1 aliphatic heterocycles. The zero-order valence-corrected chi connectivity index (χ0v) is 10.4. The Morgan fingerprint density at radius 2 is 2.17 bits per heavy atom. The number of aromatic nitrogens is 2. The second-order valence-electron chi connectivity index (χ2n) is 4.68. The van der Waals surface area contributed by atoms with Gasteiger partial charge in [-0.3, -0.25) is 5.10 Å². The number of benzene rings is 1. The van der Waals surface area contributed by atoms with E-state index in [9.17, 15) is 0 Å². The summed E-state index contributed by atoms with van der Waals surface area (Å²) in [5.41, 5.74) is 7.30. The number of hydrazine groups is 1. The summed E-state index contributed by atoms with van der Waals surface area (Å²) < 4.78 is 0. The molecule has 0 bridgehead atoms. The fourth-order valence-corrected chi connectivity index (χ4v) is 2.38. The van der Waals surface area contributed by atoms with E-state index in [2.05, 4.69) is 44.9 Å². The zero-order chi connectivity index (χ0) is 12.2. The van der Waals surface area contributed by atoms with Gasteiger partial charge in [-0.1, -0.05) is 18.2 Å². The highest BCUT2D eigenvalue weighted by Crippen LogP contribution is 2.21. The number of aromatic amines is 1. The van der Waals surface area contributed by atoms with Crippen molar-refractivity contribution in [1.29, 1.82) is 0 Å². The molecule has 1 aliphatic rings. The van der Waals surface area contributed by atoms with Crippen molar-refractivity contribution in [2.24, 2.45) is 0 Å². The molecule has 2 heterocycles. The van der Waals surface area contributed by atoms with Crippen molar-refractivity contribution in [2.45, 2.75) is 19.3 Å². The molecular weight excluding hydrogens is 224 g/mol. The lowest BCUT2D eigenvalue weighted by Crippen LogP contribution is -2.36. The molecule has 2 aromatic rings. The second kappa shape index (κ2) is 5.23. The normalized spacial score (nSPS) is 15.1. The molecule has 0 aliphatic carbocycles. The van der Waals surface area contributed by atoms with Crippen LogP contribution in [-0.4, -0.2) is 28.3 Å². The Bertz CT molecular complexity index is 492. The lowest BCUT2D eigenvalue weighted by Gasteiger charge is -2.30. The van der Waals surface area contributed by atoms with Gasteiger partial charge in [-0.2, -0.15) is 5.10 Å². The van der Waals surface area contributed by atoms with E-state index in [1.165, 1.54) is 11.3 Å². The van der Waals surface area contributed by atoms with Gasteiger partial charge in [0.15, 0.2) is 0 Å². The Balaban J connectivity index is 1.51. The molecular formula is C14H18N4. The highest BCUT2D eigenvalue weighted by Gasteiger charge is 2.13. The number of fused-ring (bicyclic) bond motifs is 1. The first-order chi connectivity index (χ1) is 8.92. The summed E-state index contributed by atoms with van der Waals surface area (Å²) in [5.74, 6) is 0. The van der Waals surface area contributed by atoms with Gasteiger partial charge in [0, 0.05) is 19.3 Å². The predicted molar refractivity (Wildman–Crippen MR) is 72.3 cm³/mol. The molecule has 1 aromatic carbocycles. The van der Waals surface area contributed by atoms with Crippen LogP contribution in [0.4, 0.5) is 5.69 Å². The summed E-state index contributed by atoms with van der Waals surface area (Å²) in [7, 11) is 0. The maximum atomic E-state index is 4.17. The quantitative estimate of drug-likeness (QED) is 0.864. The number of para-hydroxylation sites is 1. The summed E-state index contributed by atoms with van der Waals surface area (Å²) >= 11 is 0. The number of H-pyrrole nitrogens is 1. The van der Waals surface area contributed by atoms with Gasteiger partial charge in [-0.25, -0.2) is 5.01 Å². The van der Waals surface area contributed by atoms with Crippen molar-refractivity contribution in [2.75, 3.05) is 18.5 Å². The maximum absolute atomic E-state index is 4.17. The number of hydrogen-bond acceptors (Lipinski definition) is 3. The molecule has 4 nitrogen and oxygen atoms in total. The molecule has 4 heteroatoms. The fraction of sp³-hybridized carbons (Fsp3) is 0.357. The van der Waals surface area contributed by atoms with Crippen LogP contribution < -0.4 is 5.43 Å². The van der Waals surface area contributed by atoms with Crippen molar-refractivity contribution < 1.29 is 0 Å². The average molecular weight is 242 g/mol. The van der Waals surface area contributed by atoms with Gasteiger partial charge >= 0.3 is 0 Å². The molecule has 0 unspecified atom stereocenters. The molecule has 0 saturated carbocycles. The minimum Gasteiger partial charge on any atom is -0.319 e. The molecule has 18 heavy (non-hydrogen) atoms. The fourth-order valence-electron chi connectivity index (χ4n) is 2.38. The van der Waals surface area contributed by atoms with Gasteiger partial charge in [0.25, 0.3) is 0 Å². The van der Waals surface area contributed by atoms with Crippen molar-refractivity contribution >= 4 is 5.69 Å². The molecule has 0 fully saturated rings. The summed E-state index contributed by atoms with van der Waals surface area (Å²) in [4.78, 5) is 0. The standard InChI is InChI=1S/C14H18N4/c1-2-6-14-12(4-1)8-11-18(17-14)10-3-5-13-7-9-15-16-13/h1-2,4,6-7,9,17H,3,5,8,10-11H2,(H,15,16). The van der Waals surface area contributed by atoms with Gasteiger partial charge in [-0.05, 0) is 37.0 Å². The molecule has 2 N–H and O–H groups in total. The number of aryl methyl sites for hydroxylation is 1. The van der Waals surface area contributed by atoms with Crippen molar-refractivity contribution in [3.8, 4) is 0 Å². The van der Waals surface area contributed by atoms with E-state index in [0.717, 1.165) is 38.0 Å². The van der Waals surface area contributed by atoms with Gasteiger partial charge in [0.2, 0.25) is 0 Å². The van der Waals surface area contributed by atoms with Crippen molar-refractivity contribution in [3.63, 3.8) is 0 Å². The third kappa shape index (κ3) is 2.54. The highest BCUT2D eigenvalue weighted by molar-refractivity contribution is 5.51. The minimum atomic E-state index is 1.03. The van der Waals surface area contributed by atoms with E-state index in [1.54, 1.807) is 0 Å². The Kier molecular flexibility index (Phi) is 3.28. The van der Waals surface area contributed by atoms with Crippen LogP contribution in [0, 0.1) is 0 Å². The van der Waals surface area contributed by atoms with Crippen LogP contribution in [-0.2, 0) is 12.8 Å². The summed E-state index contributed by atoms with van der Waals surface area (Å²) in [6, 6.07) is 10.6. The summed E-state index contributed by atoms with van der Waals surface area (Å²) in [6.45, 7) is 2.14. The number of nitrogens with one attached hydrogen (secondary N) is 2. The maximum Gasteiger partial charge on any atom is 0.0622 e. The SMILES string of the molecule is c1ccc2c(c1)CCN(CCCc1cc[nH]n1)N2. The van der Waals surface area contributed by atoms with Crippen LogP contribution in [0.25, 0.3) is 0 Å². The number of anilines is 1. The molecule has 1 aromatic heterocycles. The molecule has 0 amide bonds. The first kappa shape index (κ1) is 11.3. The zero-order valence-electron chi connectivity index (χ0n) is 10.4. The molecule has 0 radical (unpaired) electrons. The number of hydrogen-bond donors (Lipinski definition) is 2. The smallest absolute Gasteiger partial charge is 0.0622 e. The van der Waals surface area contributed by atoms with E-state index in [0.29, 0.717) is 0 Å². The van der Waals surface area contributed by atoms with E-state index < -0.39 is 0 Å². The van der Waals surface area contributed by atoms with Gasteiger partial charge in [0.1, 0.15) is 0 Å². The number of nitrogens with zero attached hydrogens (tertiary/aromatic N) is 2. The van der Waals surface area contributed by atoms with Gasteiger partial charge < -0.3 is 5.43 Å². The predicted octanol–water partition coefficient (Wildman–Crippen LogP) is 2.23. The van der Waals surface area contributed by atoms with E-state index in [1.807, 2.05) is 12.3 Å². The average Bonchev–Trinajstić information content (AvgIpc) is 2.92. The topological polar surface area (TPSA) is 44.0 Å². The summed E-state index contributed by atoms with van der Waals surface area (Å²) in [6.07, 6.45) is 5.17. The van der Waals surface area contributed by atoms with Crippen LogP contribution in [0.5, 0.6) is 0 Å². The lowest BCUT2D eigenvalue weighted by molar-refractivity contribution is 0.318. The van der Waals surface area contributed by atoms with Crippen LogP contribution in [0.2, 0.25) is 0 Å². The van der Waals surface area contributed by atoms with E-state index in [-0.39, 0.29) is 0 Å². The molecule has 0 saturated heterocycles. The van der Waals surface area contributed by atoms with Crippen LogP contribution >= 0.6 is 0 Å². The lowest BCUT2D eigenvalue weighted by atomic mass is 10.1. The first-order valence-corrected chi connectivity index (χ1v) is 6.50. The Labute approximate surface area is 107 Å². The largest absolute Gasteiger partial charge is 0.319 e.